The van der Waals surface area contributed by atoms with Crippen LogP contribution in [0.4, 0.5) is 0 Å². The fourth-order valence-corrected chi connectivity index (χ4v) is 3.25. The van der Waals surface area contributed by atoms with Crippen LogP contribution in [0.25, 0.3) is 0 Å². The lowest BCUT2D eigenvalue weighted by Crippen LogP contribution is -2.43. The third-order valence-electron chi connectivity index (χ3n) is 4.11. The molecule has 2 rings (SSSR count). The maximum Gasteiger partial charge on any atom is 0.0847 e. The van der Waals surface area contributed by atoms with Crippen LogP contribution in [0.3, 0.4) is 0 Å². The Kier molecular flexibility index (Phi) is 4.65. The molecule has 1 aliphatic rings. The fraction of sp³-hybridized carbons (Fsp3) is 0.769. The monoisotopic (exact) mass is 270 g/mol. The van der Waals surface area contributed by atoms with E-state index in [-0.39, 0.29) is 0 Å². The minimum Gasteiger partial charge on any atom is -0.271 e. The summed E-state index contributed by atoms with van der Waals surface area (Å²) in [5.41, 5.74) is 4.97. The Morgan fingerprint density at radius 2 is 2.11 bits per heavy atom. The van der Waals surface area contributed by atoms with Crippen LogP contribution < -0.4 is 11.3 Å². The molecule has 3 N–H and O–H groups in total. The molecule has 0 aromatic carbocycles. The van der Waals surface area contributed by atoms with Crippen molar-refractivity contribution < 1.29 is 0 Å². The van der Waals surface area contributed by atoms with Crippen LogP contribution in [-0.2, 0) is 13.5 Å². The first kappa shape index (κ1) is 13.8. The van der Waals surface area contributed by atoms with E-state index in [2.05, 4.69) is 10.5 Å². The molecule has 5 heteroatoms. The molecule has 1 atom stereocenters. The van der Waals surface area contributed by atoms with E-state index in [9.17, 15) is 0 Å². The van der Waals surface area contributed by atoms with Gasteiger partial charge in [0, 0.05) is 19.5 Å². The van der Waals surface area contributed by atoms with Crippen LogP contribution in [0.1, 0.15) is 43.5 Å². The summed E-state index contributed by atoms with van der Waals surface area (Å²) in [6, 6.07) is 0.303. The van der Waals surface area contributed by atoms with Crippen molar-refractivity contribution >= 4 is 11.6 Å². The number of rotatable bonds is 4. The van der Waals surface area contributed by atoms with Gasteiger partial charge in [0.15, 0.2) is 0 Å². The molecular weight excluding hydrogens is 248 g/mol. The first-order valence-electron chi connectivity index (χ1n) is 6.77. The molecule has 0 aliphatic heterocycles. The van der Waals surface area contributed by atoms with Gasteiger partial charge >= 0.3 is 0 Å². The molecule has 4 nitrogen and oxygen atoms in total. The van der Waals surface area contributed by atoms with Gasteiger partial charge in [-0.3, -0.25) is 16.0 Å². The molecule has 18 heavy (non-hydrogen) atoms. The van der Waals surface area contributed by atoms with Gasteiger partial charge in [0.2, 0.25) is 0 Å². The van der Waals surface area contributed by atoms with Crippen molar-refractivity contribution in [3.05, 3.63) is 16.4 Å². The van der Waals surface area contributed by atoms with Gasteiger partial charge in [-0.15, -0.1) is 0 Å². The maximum absolute atomic E-state index is 6.30. The van der Waals surface area contributed by atoms with Crippen molar-refractivity contribution in [3.63, 3.8) is 0 Å². The highest BCUT2D eigenvalue weighted by atomic mass is 35.5. The van der Waals surface area contributed by atoms with E-state index in [4.69, 9.17) is 17.4 Å². The summed E-state index contributed by atoms with van der Waals surface area (Å²) in [5.74, 6) is 6.40. The molecule has 0 bridgehead atoms. The van der Waals surface area contributed by atoms with Gasteiger partial charge in [-0.1, -0.05) is 30.9 Å². The minimum absolute atomic E-state index is 0.303. The standard InChI is InChI=1S/C13H23ClN4/c1-9-13(14)12(18(2)17-9)8-11(16-15)10-6-4-3-5-7-10/h10-11,16H,3-8,15H2,1-2H3. The largest absolute Gasteiger partial charge is 0.271 e. The number of hydrogen-bond donors (Lipinski definition) is 2. The molecule has 1 aromatic heterocycles. The predicted octanol–water partition coefficient (Wildman–Crippen LogP) is 2.34. The first-order chi connectivity index (χ1) is 8.63. The Hall–Kier alpha value is -0.580. The normalized spacial score (nSPS) is 19.1. The van der Waals surface area contributed by atoms with E-state index >= 15 is 0 Å². The molecule has 102 valence electrons. The van der Waals surface area contributed by atoms with Gasteiger partial charge < -0.3 is 0 Å². The van der Waals surface area contributed by atoms with Crippen molar-refractivity contribution in [1.82, 2.24) is 15.2 Å². The highest BCUT2D eigenvalue weighted by molar-refractivity contribution is 6.31. The average Bonchev–Trinajstić information content (AvgIpc) is 2.62. The van der Waals surface area contributed by atoms with Gasteiger partial charge in [0.25, 0.3) is 0 Å². The lowest BCUT2D eigenvalue weighted by Gasteiger charge is -2.29. The Morgan fingerprint density at radius 1 is 1.44 bits per heavy atom. The van der Waals surface area contributed by atoms with Crippen LogP contribution in [0, 0.1) is 12.8 Å². The molecule has 1 saturated carbocycles. The molecular formula is C13H23ClN4. The van der Waals surface area contributed by atoms with Crippen molar-refractivity contribution in [1.29, 1.82) is 0 Å². The fourth-order valence-electron chi connectivity index (χ4n) is 3.01. The number of nitrogens with one attached hydrogen (secondary N) is 1. The minimum atomic E-state index is 0.303. The van der Waals surface area contributed by atoms with Crippen LogP contribution in [-0.4, -0.2) is 15.8 Å². The van der Waals surface area contributed by atoms with E-state index in [1.54, 1.807) is 0 Å². The Labute approximate surface area is 114 Å². The molecule has 1 aliphatic carbocycles. The van der Waals surface area contributed by atoms with Gasteiger partial charge in [0.05, 0.1) is 16.4 Å². The second-order valence-electron chi connectivity index (χ2n) is 5.35. The Morgan fingerprint density at radius 3 is 2.61 bits per heavy atom. The van der Waals surface area contributed by atoms with E-state index in [1.807, 2.05) is 18.7 Å². The summed E-state index contributed by atoms with van der Waals surface area (Å²) in [5, 5.41) is 5.14. The van der Waals surface area contributed by atoms with Crippen molar-refractivity contribution in [2.75, 3.05) is 0 Å². The van der Waals surface area contributed by atoms with Crippen LogP contribution in [0.5, 0.6) is 0 Å². The lowest BCUT2D eigenvalue weighted by molar-refractivity contribution is 0.266. The lowest BCUT2D eigenvalue weighted by atomic mass is 9.82. The van der Waals surface area contributed by atoms with Crippen LogP contribution in [0.2, 0.25) is 5.02 Å². The molecule has 1 unspecified atom stereocenters. The summed E-state index contributed by atoms with van der Waals surface area (Å²) < 4.78 is 1.88. The second kappa shape index (κ2) is 6.04. The molecule has 1 aromatic rings. The van der Waals surface area contributed by atoms with E-state index in [0.717, 1.165) is 22.8 Å². The SMILES string of the molecule is Cc1nn(C)c(CC(NN)C2CCCCC2)c1Cl. The number of hydrogen-bond acceptors (Lipinski definition) is 3. The summed E-state index contributed by atoms with van der Waals surface area (Å²) in [7, 11) is 1.95. The zero-order valence-corrected chi connectivity index (χ0v) is 12.0. The Bertz CT molecular complexity index is 396. The van der Waals surface area contributed by atoms with Gasteiger partial charge in [-0.05, 0) is 25.7 Å². The summed E-state index contributed by atoms with van der Waals surface area (Å²) in [4.78, 5) is 0. The molecule has 1 heterocycles. The summed E-state index contributed by atoms with van der Waals surface area (Å²) in [6.07, 6.45) is 7.39. The summed E-state index contributed by atoms with van der Waals surface area (Å²) >= 11 is 6.30. The second-order valence-corrected chi connectivity index (χ2v) is 5.72. The van der Waals surface area contributed by atoms with Crippen molar-refractivity contribution in [3.8, 4) is 0 Å². The van der Waals surface area contributed by atoms with Crippen molar-refractivity contribution in [2.45, 2.75) is 51.5 Å². The molecule has 0 amide bonds. The Balaban J connectivity index is 2.09. The highest BCUT2D eigenvalue weighted by Crippen LogP contribution is 2.29. The van der Waals surface area contributed by atoms with Crippen LogP contribution >= 0.6 is 11.6 Å². The van der Waals surface area contributed by atoms with Gasteiger partial charge in [-0.25, -0.2) is 0 Å². The predicted molar refractivity (Wildman–Crippen MR) is 74.3 cm³/mol. The number of aryl methyl sites for hydroxylation is 2. The van der Waals surface area contributed by atoms with E-state index in [1.165, 1.54) is 32.1 Å². The number of halogens is 1. The third kappa shape index (κ3) is 2.87. The zero-order chi connectivity index (χ0) is 13.1. The molecule has 1 fully saturated rings. The summed E-state index contributed by atoms with van der Waals surface area (Å²) in [6.45, 7) is 1.94. The maximum atomic E-state index is 6.30. The number of nitrogens with zero attached hydrogens (tertiary/aromatic N) is 2. The third-order valence-corrected chi connectivity index (χ3v) is 4.60. The van der Waals surface area contributed by atoms with E-state index < -0.39 is 0 Å². The quantitative estimate of drug-likeness (QED) is 0.652. The van der Waals surface area contributed by atoms with Crippen LogP contribution in [0.15, 0.2) is 0 Å². The zero-order valence-electron chi connectivity index (χ0n) is 11.2. The number of nitrogens with two attached hydrogens (primary N) is 1. The number of hydrazine groups is 1. The smallest absolute Gasteiger partial charge is 0.0847 e. The van der Waals surface area contributed by atoms with Crippen molar-refractivity contribution in [2.24, 2.45) is 18.8 Å². The average molecular weight is 271 g/mol. The van der Waals surface area contributed by atoms with Gasteiger partial charge in [0.1, 0.15) is 0 Å². The van der Waals surface area contributed by atoms with Gasteiger partial charge in [-0.2, -0.15) is 5.10 Å². The first-order valence-corrected chi connectivity index (χ1v) is 7.15. The molecule has 0 spiro atoms. The molecule has 0 radical (unpaired) electrons. The topological polar surface area (TPSA) is 55.9 Å². The number of aromatic nitrogens is 2. The van der Waals surface area contributed by atoms with E-state index in [0.29, 0.717) is 12.0 Å². The highest BCUT2D eigenvalue weighted by Gasteiger charge is 2.25. The molecule has 0 saturated heterocycles.